The van der Waals surface area contributed by atoms with Gasteiger partial charge in [-0.15, -0.1) is 0 Å². The molecule has 0 spiro atoms. The Kier molecular flexibility index (Phi) is 6.35. The first-order valence-corrected chi connectivity index (χ1v) is 11.2. The number of fused-ring (bicyclic) bond motifs is 1. The van der Waals surface area contributed by atoms with Crippen LogP contribution in [0.2, 0.25) is 5.02 Å². The maximum absolute atomic E-state index is 13.2. The number of anilines is 1. The van der Waals surface area contributed by atoms with E-state index in [-0.39, 0.29) is 24.3 Å². The molecule has 2 aromatic rings. The van der Waals surface area contributed by atoms with Crippen molar-refractivity contribution in [3.05, 3.63) is 52.4 Å². The highest BCUT2D eigenvalue weighted by Crippen LogP contribution is 2.38. The second kappa shape index (κ2) is 9.03. The van der Waals surface area contributed by atoms with Crippen LogP contribution in [0.4, 0.5) is 5.82 Å². The normalized spacial score (nSPS) is 21.4. The summed E-state index contributed by atoms with van der Waals surface area (Å²) in [6.45, 7) is 4.94. The van der Waals surface area contributed by atoms with Gasteiger partial charge in [0.15, 0.2) is 0 Å². The van der Waals surface area contributed by atoms with E-state index in [1.807, 2.05) is 49.0 Å². The summed E-state index contributed by atoms with van der Waals surface area (Å²) in [6.07, 6.45) is 3.29. The molecule has 3 unspecified atom stereocenters. The molecule has 9 heteroatoms. The van der Waals surface area contributed by atoms with Gasteiger partial charge in [-0.05, 0) is 36.0 Å². The number of benzene rings is 1. The summed E-state index contributed by atoms with van der Waals surface area (Å²) < 4.78 is 0. The van der Waals surface area contributed by atoms with Crippen LogP contribution in [0, 0.1) is 18.8 Å². The van der Waals surface area contributed by atoms with Gasteiger partial charge < -0.3 is 15.5 Å². The minimum absolute atomic E-state index is 0.0331. The van der Waals surface area contributed by atoms with Crippen molar-refractivity contribution in [1.82, 2.24) is 19.8 Å². The Morgan fingerprint density at radius 1 is 1.22 bits per heavy atom. The van der Waals surface area contributed by atoms with Gasteiger partial charge in [0.05, 0.1) is 0 Å². The predicted octanol–water partition coefficient (Wildman–Crippen LogP) is 2.12. The molecule has 4 rings (SSSR count). The van der Waals surface area contributed by atoms with Crippen molar-refractivity contribution < 1.29 is 9.59 Å². The van der Waals surface area contributed by atoms with Gasteiger partial charge in [0.1, 0.15) is 17.7 Å². The fourth-order valence-electron chi connectivity index (χ4n) is 4.92. The number of carbonyl (C=O) groups excluding carboxylic acids is 2. The molecule has 2 amide bonds. The molecule has 3 atom stereocenters. The molecule has 3 heterocycles. The summed E-state index contributed by atoms with van der Waals surface area (Å²) in [5, 5.41) is 0.690. The number of amides is 2. The van der Waals surface area contributed by atoms with Crippen LogP contribution in [-0.4, -0.2) is 71.9 Å². The highest BCUT2D eigenvalue weighted by molar-refractivity contribution is 6.31. The van der Waals surface area contributed by atoms with E-state index >= 15 is 0 Å². The number of nitrogens with zero attached hydrogens (tertiary/aromatic N) is 5. The highest BCUT2D eigenvalue weighted by atomic mass is 35.5. The average molecular weight is 457 g/mol. The fourth-order valence-corrected chi connectivity index (χ4v) is 5.10. The molecule has 0 bridgehead atoms. The minimum atomic E-state index is -0.333. The van der Waals surface area contributed by atoms with Gasteiger partial charge in [-0.25, -0.2) is 9.97 Å². The van der Waals surface area contributed by atoms with Crippen LogP contribution in [0.25, 0.3) is 0 Å². The third-order valence-corrected chi connectivity index (χ3v) is 6.97. The smallest absolute Gasteiger partial charge is 0.259 e. The van der Waals surface area contributed by atoms with Crippen molar-refractivity contribution in [3.8, 4) is 0 Å². The number of aromatic nitrogens is 2. The zero-order valence-electron chi connectivity index (χ0n) is 18.7. The maximum Gasteiger partial charge on any atom is 0.259 e. The Morgan fingerprint density at radius 2 is 1.91 bits per heavy atom. The van der Waals surface area contributed by atoms with E-state index in [1.54, 1.807) is 6.20 Å². The topological polar surface area (TPSA) is 95.7 Å². The second-order valence-corrected chi connectivity index (χ2v) is 9.44. The van der Waals surface area contributed by atoms with E-state index < -0.39 is 0 Å². The summed E-state index contributed by atoms with van der Waals surface area (Å²) in [7, 11) is 3.73. The lowest BCUT2D eigenvalue weighted by atomic mass is 10.0. The summed E-state index contributed by atoms with van der Waals surface area (Å²) in [6, 6.07) is 5.83. The number of rotatable bonds is 6. The summed E-state index contributed by atoms with van der Waals surface area (Å²) in [5.41, 5.74) is 8.11. The van der Waals surface area contributed by atoms with Gasteiger partial charge in [-0.3, -0.25) is 14.5 Å². The molecule has 2 aliphatic heterocycles. The first-order chi connectivity index (χ1) is 15.2. The molecule has 1 aromatic heterocycles. The minimum Gasteiger partial charge on any atom is -0.370 e. The van der Waals surface area contributed by atoms with Gasteiger partial charge in [0.25, 0.3) is 5.91 Å². The number of hydrogen-bond donors (Lipinski definition) is 1. The Hall–Kier alpha value is -2.71. The molecule has 8 nitrogen and oxygen atoms in total. The van der Waals surface area contributed by atoms with Crippen LogP contribution < -0.4 is 10.6 Å². The lowest BCUT2D eigenvalue weighted by Crippen LogP contribution is -2.36. The van der Waals surface area contributed by atoms with E-state index in [0.29, 0.717) is 41.3 Å². The van der Waals surface area contributed by atoms with Crippen molar-refractivity contribution in [3.63, 3.8) is 0 Å². The third kappa shape index (κ3) is 4.42. The molecule has 0 saturated carbocycles. The molecule has 2 aliphatic rings. The van der Waals surface area contributed by atoms with Gasteiger partial charge in [0.2, 0.25) is 5.91 Å². The summed E-state index contributed by atoms with van der Waals surface area (Å²) in [4.78, 5) is 39.4. The number of halogens is 1. The van der Waals surface area contributed by atoms with Crippen molar-refractivity contribution in [1.29, 1.82) is 0 Å². The molecular formula is C23H29ClN6O2. The highest BCUT2D eigenvalue weighted by Gasteiger charge is 2.44. The molecule has 0 aliphatic carbocycles. The average Bonchev–Trinajstić information content (AvgIpc) is 3.32. The molecule has 1 aromatic carbocycles. The number of aryl methyl sites for hydroxylation is 1. The number of likely N-dealkylation sites (tertiary alicyclic amines) is 2. The number of nitrogens with two attached hydrogens (primary N) is 1. The quantitative estimate of drug-likeness (QED) is 0.715. The lowest BCUT2D eigenvalue weighted by molar-refractivity contribution is -0.119. The Morgan fingerprint density at radius 3 is 2.50 bits per heavy atom. The first-order valence-electron chi connectivity index (χ1n) is 10.8. The van der Waals surface area contributed by atoms with Crippen LogP contribution in [-0.2, 0) is 4.79 Å². The van der Waals surface area contributed by atoms with Crippen molar-refractivity contribution >= 4 is 29.2 Å². The standard InChI is InChI=1S/C23H29ClN6O2/c1-14-4-5-15(6-19(14)24)20(7-21(25)31)29-9-16-11-30(12-17(16)10-29)23(32)18-8-26-13-27-22(18)28(2)3/h4-6,8,13,16-17,20H,7,9-12H2,1-3H3,(H2,25,31). The van der Waals surface area contributed by atoms with Crippen LogP contribution in [0.3, 0.4) is 0 Å². The number of primary amides is 1. The number of carbonyl (C=O) groups is 2. The molecule has 2 saturated heterocycles. The Balaban J connectivity index is 1.48. The van der Waals surface area contributed by atoms with Gasteiger partial charge in [-0.1, -0.05) is 23.7 Å². The van der Waals surface area contributed by atoms with Crippen LogP contribution in [0.5, 0.6) is 0 Å². The van der Waals surface area contributed by atoms with E-state index in [2.05, 4.69) is 14.9 Å². The van der Waals surface area contributed by atoms with Crippen LogP contribution >= 0.6 is 11.6 Å². The van der Waals surface area contributed by atoms with Gasteiger partial charge in [0, 0.05) is 64.0 Å². The molecule has 0 radical (unpaired) electrons. The van der Waals surface area contributed by atoms with E-state index in [9.17, 15) is 9.59 Å². The van der Waals surface area contributed by atoms with Gasteiger partial charge >= 0.3 is 0 Å². The van der Waals surface area contributed by atoms with E-state index in [4.69, 9.17) is 17.3 Å². The molecule has 2 fully saturated rings. The largest absolute Gasteiger partial charge is 0.370 e. The summed E-state index contributed by atoms with van der Waals surface area (Å²) >= 11 is 6.35. The molecular weight excluding hydrogens is 428 g/mol. The second-order valence-electron chi connectivity index (χ2n) is 9.03. The molecule has 2 N–H and O–H groups in total. The van der Waals surface area contributed by atoms with Crippen molar-refractivity contribution in [2.75, 3.05) is 45.2 Å². The van der Waals surface area contributed by atoms with E-state index in [1.165, 1.54) is 6.33 Å². The number of hydrogen-bond acceptors (Lipinski definition) is 6. The van der Waals surface area contributed by atoms with Crippen LogP contribution in [0.15, 0.2) is 30.7 Å². The fraction of sp³-hybridized carbons (Fsp3) is 0.478. The molecule has 170 valence electrons. The Labute approximate surface area is 193 Å². The molecule has 32 heavy (non-hydrogen) atoms. The monoisotopic (exact) mass is 456 g/mol. The Bertz CT molecular complexity index is 1020. The zero-order chi connectivity index (χ0) is 23.0. The maximum atomic E-state index is 13.2. The zero-order valence-corrected chi connectivity index (χ0v) is 19.4. The van der Waals surface area contributed by atoms with E-state index in [0.717, 1.165) is 24.2 Å². The summed E-state index contributed by atoms with van der Waals surface area (Å²) in [5.74, 6) is 0.960. The van der Waals surface area contributed by atoms with Crippen molar-refractivity contribution in [2.24, 2.45) is 17.6 Å². The third-order valence-electron chi connectivity index (χ3n) is 6.56. The predicted molar refractivity (Wildman–Crippen MR) is 124 cm³/mol. The van der Waals surface area contributed by atoms with Crippen molar-refractivity contribution in [2.45, 2.75) is 19.4 Å². The first kappa shape index (κ1) is 22.5. The van der Waals surface area contributed by atoms with Crippen LogP contribution in [0.1, 0.15) is 33.9 Å². The lowest BCUT2D eigenvalue weighted by Gasteiger charge is -2.29. The SMILES string of the molecule is Cc1ccc(C(CC(N)=O)N2CC3CN(C(=O)c4cncnc4N(C)C)CC3C2)cc1Cl. The van der Waals surface area contributed by atoms with Gasteiger partial charge in [-0.2, -0.15) is 0 Å².